The number of methoxy groups -OCH3 is 5. The summed E-state index contributed by atoms with van der Waals surface area (Å²) in [7, 11) is 7.80. The van der Waals surface area contributed by atoms with Gasteiger partial charge < -0.3 is 28.8 Å². The van der Waals surface area contributed by atoms with Gasteiger partial charge in [0.25, 0.3) is 0 Å². The van der Waals surface area contributed by atoms with Gasteiger partial charge in [-0.25, -0.2) is 0 Å². The van der Waals surface area contributed by atoms with Crippen LogP contribution in [-0.4, -0.2) is 40.7 Å². The molecular weight excluding hydrogens is 372 g/mol. The summed E-state index contributed by atoms with van der Waals surface area (Å²) in [6, 6.07) is 14.7. The number of ether oxygens (including phenoxy) is 5. The fourth-order valence-electron chi connectivity index (χ4n) is 3.30. The monoisotopic (exact) mass is 396 g/mol. The maximum absolute atomic E-state index is 11.1. The normalized spacial score (nSPS) is 10.4. The van der Waals surface area contributed by atoms with Crippen LogP contribution >= 0.6 is 0 Å². The number of hydrogen-bond donors (Lipinski definition) is 1. The van der Waals surface area contributed by atoms with E-state index in [9.17, 15) is 5.11 Å². The molecule has 0 saturated carbocycles. The van der Waals surface area contributed by atoms with Gasteiger partial charge >= 0.3 is 0 Å². The predicted molar refractivity (Wildman–Crippen MR) is 112 cm³/mol. The summed E-state index contributed by atoms with van der Waals surface area (Å²) < 4.78 is 27.4. The molecule has 0 saturated heterocycles. The van der Waals surface area contributed by atoms with Crippen LogP contribution in [-0.2, 0) is 0 Å². The van der Waals surface area contributed by atoms with E-state index in [2.05, 4.69) is 0 Å². The molecule has 6 heteroatoms. The molecule has 0 spiro atoms. The summed E-state index contributed by atoms with van der Waals surface area (Å²) in [4.78, 5) is 0. The van der Waals surface area contributed by atoms with Crippen LogP contribution in [0.1, 0.15) is 0 Å². The summed E-state index contributed by atoms with van der Waals surface area (Å²) in [6.45, 7) is 0. The van der Waals surface area contributed by atoms with Crippen molar-refractivity contribution in [3.05, 3.63) is 48.5 Å². The van der Waals surface area contributed by atoms with Crippen molar-refractivity contribution in [3.8, 4) is 56.8 Å². The number of hydrogen-bond acceptors (Lipinski definition) is 6. The van der Waals surface area contributed by atoms with Crippen molar-refractivity contribution in [3.63, 3.8) is 0 Å². The Kier molecular flexibility index (Phi) is 6.02. The Hall–Kier alpha value is -3.54. The molecule has 0 atom stereocenters. The van der Waals surface area contributed by atoms with Crippen molar-refractivity contribution in [2.45, 2.75) is 0 Å². The molecule has 0 radical (unpaired) electrons. The van der Waals surface area contributed by atoms with Gasteiger partial charge in [0.15, 0.2) is 23.0 Å². The number of aromatic hydroxyl groups is 1. The summed E-state index contributed by atoms with van der Waals surface area (Å²) in [5.41, 5.74) is 2.58. The van der Waals surface area contributed by atoms with Crippen LogP contribution < -0.4 is 23.7 Å². The van der Waals surface area contributed by atoms with E-state index in [-0.39, 0.29) is 5.75 Å². The molecule has 3 aromatic rings. The number of rotatable bonds is 7. The minimum absolute atomic E-state index is 0.0406. The zero-order valence-corrected chi connectivity index (χ0v) is 17.1. The number of benzene rings is 3. The van der Waals surface area contributed by atoms with Crippen molar-refractivity contribution in [2.24, 2.45) is 0 Å². The molecule has 0 aliphatic carbocycles. The molecule has 6 nitrogen and oxygen atoms in total. The van der Waals surface area contributed by atoms with E-state index >= 15 is 0 Å². The van der Waals surface area contributed by atoms with Crippen LogP contribution in [0.5, 0.6) is 34.5 Å². The van der Waals surface area contributed by atoms with Gasteiger partial charge in [-0.2, -0.15) is 0 Å². The minimum atomic E-state index is -0.0406. The van der Waals surface area contributed by atoms with Gasteiger partial charge in [-0.3, -0.25) is 0 Å². The predicted octanol–water partition coefficient (Wildman–Crippen LogP) is 4.77. The van der Waals surface area contributed by atoms with Crippen molar-refractivity contribution in [2.75, 3.05) is 35.5 Å². The van der Waals surface area contributed by atoms with Crippen molar-refractivity contribution < 1.29 is 28.8 Å². The van der Waals surface area contributed by atoms with Gasteiger partial charge in [0.2, 0.25) is 0 Å². The van der Waals surface area contributed by atoms with E-state index in [1.54, 1.807) is 21.3 Å². The highest BCUT2D eigenvalue weighted by Gasteiger charge is 2.28. The molecule has 1 N–H and O–H groups in total. The molecule has 0 aliphatic rings. The van der Waals surface area contributed by atoms with Crippen molar-refractivity contribution in [1.29, 1.82) is 0 Å². The molecule has 29 heavy (non-hydrogen) atoms. The fraction of sp³-hybridized carbons (Fsp3) is 0.217. The van der Waals surface area contributed by atoms with E-state index < -0.39 is 0 Å². The minimum Gasteiger partial charge on any atom is -0.504 e. The zero-order chi connectivity index (χ0) is 21.0. The summed E-state index contributed by atoms with van der Waals surface area (Å²) in [6.07, 6.45) is 0. The average Bonchev–Trinajstić information content (AvgIpc) is 2.78. The Bertz CT molecular complexity index is 978. The molecule has 3 rings (SSSR count). The SMILES string of the molecule is COc1ccc(-c2c(O)c(OC)c(-c3ccc(OC)cc3)c(OC)c2OC)cc1. The van der Waals surface area contributed by atoms with Gasteiger partial charge in [0.1, 0.15) is 11.5 Å². The third-order valence-electron chi connectivity index (χ3n) is 4.71. The smallest absolute Gasteiger partial charge is 0.173 e. The number of phenols is 1. The summed E-state index contributed by atoms with van der Waals surface area (Å²) in [5.74, 6) is 2.54. The summed E-state index contributed by atoms with van der Waals surface area (Å²) >= 11 is 0. The fourth-order valence-corrected chi connectivity index (χ4v) is 3.30. The van der Waals surface area contributed by atoms with Crippen LogP contribution in [0.4, 0.5) is 0 Å². The lowest BCUT2D eigenvalue weighted by Gasteiger charge is -2.22. The van der Waals surface area contributed by atoms with Crippen LogP contribution in [0.3, 0.4) is 0 Å². The maximum atomic E-state index is 11.1. The van der Waals surface area contributed by atoms with Gasteiger partial charge in [0, 0.05) is 0 Å². The molecule has 0 heterocycles. The molecule has 152 valence electrons. The molecule has 0 bridgehead atoms. The first kappa shape index (κ1) is 20.2. The van der Waals surface area contributed by atoms with E-state index in [4.69, 9.17) is 23.7 Å². The highest BCUT2D eigenvalue weighted by atomic mass is 16.5. The topological polar surface area (TPSA) is 66.4 Å². The largest absolute Gasteiger partial charge is 0.504 e. The molecular formula is C23H24O6. The highest BCUT2D eigenvalue weighted by molar-refractivity contribution is 5.93. The Morgan fingerprint density at radius 3 is 1.24 bits per heavy atom. The van der Waals surface area contributed by atoms with Gasteiger partial charge in [0.05, 0.1) is 46.7 Å². The lowest BCUT2D eigenvalue weighted by atomic mass is 9.95. The highest BCUT2D eigenvalue weighted by Crippen LogP contribution is 2.56. The first-order valence-corrected chi connectivity index (χ1v) is 8.93. The molecule has 0 aromatic heterocycles. The lowest BCUT2D eigenvalue weighted by Crippen LogP contribution is -2.00. The molecule has 0 fully saturated rings. The van der Waals surface area contributed by atoms with Crippen LogP contribution in [0.2, 0.25) is 0 Å². The molecule has 0 unspecified atom stereocenters. The number of phenolic OH excluding ortho intramolecular Hbond substituents is 1. The van der Waals surface area contributed by atoms with E-state index in [1.807, 2.05) is 48.5 Å². The summed E-state index contributed by atoms with van der Waals surface area (Å²) in [5, 5.41) is 11.1. The van der Waals surface area contributed by atoms with Crippen molar-refractivity contribution >= 4 is 0 Å². The Morgan fingerprint density at radius 2 is 0.862 bits per heavy atom. The second kappa shape index (κ2) is 8.65. The standard InChI is InChI=1S/C23H24O6/c1-25-16-10-6-14(7-11-16)18-20(24)21(27-3)19(23(29-5)22(18)28-4)15-8-12-17(26-2)13-9-15/h6-13,24H,1-5H3. The zero-order valence-electron chi connectivity index (χ0n) is 17.1. The third-order valence-corrected chi connectivity index (χ3v) is 4.71. The first-order valence-electron chi connectivity index (χ1n) is 8.93. The van der Waals surface area contributed by atoms with E-state index in [0.29, 0.717) is 34.1 Å². The lowest BCUT2D eigenvalue weighted by molar-refractivity contribution is 0.340. The molecule has 3 aromatic carbocycles. The Labute approximate surface area is 170 Å². The van der Waals surface area contributed by atoms with Crippen LogP contribution in [0.25, 0.3) is 22.3 Å². The van der Waals surface area contributed by atoms with Gasteiger partial charge in [-0.1, -0.05) is 24.3 Å². The van der Waals surface area contributed by atoms with E-state index in [1.165, 1.54) is 14.2 Å². The van der Waals surface area contributed by atoms with Crippen LogP contribution in [0.15, 0.2) is 48.5 Å². The second-order valence-electron chi connectivity index (χ2n) is 6.16. The average molecular weight is 396 g/mol. The van der Waals surface area contributed by atoms with E-state index in [0.717, 1.165) is 16.9 Å². The van der Waals surface area contributed by atoms with Crippen LogP contribution in [0, 0.1) is 0 Å². The Morgan fingerprint density at radius 1 is 0.483 bits per heavy atom. The quantitative estimate of drug-likeness (QED) is 0.621. The second-order valence-corrected chi connectivity index (χ2v) is 6.16. The Balaban J connectivity index is 2.31. The third kappa shape index (κ3) is 3.61. The van der Waals surface area contributed by atoms with Gasteiger partial charge in [-0.05, 0) is 35.4 Å². The molecule has 0 aliphatic heterocycles. The van der Waals surface area contributed by atoms with Gasteiger partial charge in [-0.15, -0.1) is 0 Å². The van der Waals surface area contributed by atoms with Crippen molar-refractivity contribution in [1.82, 2.24) is 0 Å². The first-order chi connectivity index (χ1) is 14.1. The molecule has 0 amide bonds. The maximum Gasteiger partial charge on any atom is 0.173 e.